The zero-order valence-electron chi connectivity index (χ0n) is 19.8. The molecule has 186 valence electrons. The molecule has 0 spiro atoms. The number of carbonyl (C=O) groups is 1. The van der Waals surface area contributed by atoms with Gasteiger partial charge in [0.15, 0.2) is 0 Å². The first-order chi connectivity index (χ1) is 16.8. The van der Waals surface area contributed by atoms with Crippen LogP contribution in [0.5, 0.6) is 0 Å². The van der Waals surface area contributed by atoms with Crippen molar-refractivity contribution in [2.75, 3.05) is 6.54 Å². The lowest BCUT2D eigenvalue weighted by Gasteiger charge is -2.40. The van der Waals surface area contributed by atoms with E-state index in [1.54, 1.807) is 11.3 Å². The van der Waals surface area contributed by atoms with E-state index in [2.05, 4.69) is 33.8 Å². The number of carbonyl (C=O) groups excluding carboxylic acids is 1. The van der Waals surface area contributed by atoms with Gasteiger partial charge in [-0.1, -0.05) is 37.5 Å². The minimum absolute atomic E-state index is 0.115. The molecule has 1 aromatic heterocycles. The van der Waals surface area contributed by atoms with Gasteiger partial charge in [0.2, 0.25) is 5.91 Å². The first-order valence-electron chi connectivity index (χ1n) is 12.0. The highest BCUT2D eigenvalue weighted by Gasteiger charge is 2.35. The Bertz CT molecular complexity index is 1110. The molecule has 1 saturated carbocycles. The van der Waals surface area contributed by atoms with E-state index in [0.29, 0.717) is 5.56 Å². The fourth-order valence-electron chi connectivity index (χ4n) is 5.02. The number of nitrogens with zero attached hydrogens (tertiary/aromatic N) is 1. The summed E-state index contributed by atoms with van der Waals surface area (Å²) in [7, 11) is 0. The van der Waals surface area contributed by atoms with Gasteiger partial charge in [0.1, 0.15) is 11.6 Å². The lowest BCUT2D eigenvalue weighted by molar-refractivity contribution is -0.120. The molecule has 0 radical (unpaired) electrons. The lowest BCUT2D eigenvalue weighted by Crippen LogP contribution is -2.53. The maximum atomic E-state index is 13.7. The Hall–Kier alpha value is -2.68. The van der Waals surface area contributed by atoms with Crippen molar-refractivity contribution in [3.63, 3.8) is 0 Å². The summed E-state index contributed by atoms with van der Waals surface area (Å²) < 4.78 is 27.4. The van der Waals surface area contributed by atoms with Gasteiger partial charge in [0.25, 0.3) is 0 Å². The van der Waals surface area contributed by atoms with E-state index in [1.807, 2.05) is 17.0 Å². The number of aliphatic hydroxyl groups is 1. The second kappa shape index (κ2) is 11.4. The number of benzene rings is 2. The predicted octanol–water partition coefficient (Wildman–Crippen LogP) is 4.95. The van der Waals surface area contributed by atoms with Crippen molar-refractivity contribution in [1.82, 2.24) is 15.6 Å². The molecule has 0 aliphatic heterocycles. The van der Waals surface area contributed by atoms with E-state index >= 15 is 0 Å². The van der Waals surface area contributed by atoms with Crippen molar-refractivity contribution in [3.05, 3.63) is 76.1 Å². The largest absolute Gasteiger partial charge is 0.390 e. The summed E-state index contributed by atoms with van der Waals surface area (Å²) in [6.45, 7) is 1.59. The number of rotatable bonds is 9. The molecule has 8 heteroatoms. The number of aromatic nitrogens is 1. The van der Waals surface area contributed by atoms with Crippen LogP contribution in [0.2, 0.25) is 0 Å². The maximum absolute atomic E-state index is 13.7. The van der Waals surface area contributed by atoms with Crippen LogP contribution in [-0.4, -0.2) is 34.7 Å². The standard InChI is InChI=1S/C27H31F2N3O2S/c1-18(33)32-24(12-19-10-22(28)14-23(29)11-19)26(34)15-31-27(8-3-2-4-9-27)21-7-5-6-20(13-21)25-16-35-17-30-25/h5-7,10-11,13-14,16-17,24,26,31,34H,2-4,8-9,12,15H2,1H3,(H,32,33)/t24-,26+/m0/s1. The fourth-order valence-corrected chi connectivity index (χ4v) is 5.58. The summed E-state index contributed by atoms with van der Waals surface area (Å²) >= 11 is 1.56. The minimum Gasteiger partial charge on any atom is -0.390 e. The Labute approximate surface area is 208 Å². The van der Waals surface area contributed by atoms with Crippen LogP contribution in [0.3, 0.4) is 0 Å². The predicted molar refractivity (Wildman–Crippen MR) is 134 cm³/mol. The quantitative estimate of drug-likeness (QED) is 0.390. The minimum atomic E-state index is -0.953. The van der Waals surface area contributed by atoms with Crippen molar-refractivity contribution < 1.29 is 18.7 Å². The summed E-state index contributed by atoms with van der Waals surface area (Å²) in [5.74, 6) is -1.68. The summed E-state index contributed by atoms with van der Waals surface area (Å²) in [6.07, 6.45) is 4.33. The molecule has 4 rings (SSSR count). The number of thiazole rings is 1. The van der Waals surface area contributed by atoms with Crippen LogP contribution in [0.1, 0.15) is 50.2 Å². The molecule has 0 unspecified atom stereocenters. The average Bonchev–Trinajstić information content (AvgIpc) is 3.37. The summed E-state index contributed by atoms with van der Waals surface area (Å²) in [6, 6.07) is 10.9. The number of halogens is 2. The Morgan fingerprint density at radius 2 is 1.89 bits per heavy atom. The normalized spacial score (nSPS) is 17.0. The molecule has 3 N–H and O–H groups in total. The van der Waals surface area contributed by atoms with Crippen LogP contribution >= 0.6 is 11.3 Å². The molecule has 35 heavy (non-hydrogen) atoms. The van der Waals surface area contributed by atoms with Crippen molar-refractivity contribution in [3.8, 4) is 11.3 Å². The number of amides is 1. The zero-order chi connectivity index (χ0) is 24.8. The van der Waals surface area contributed by atoms with Crippen LogP contribution in [0.4, 0.5) is 8.78 Å². The third-order valence-corrected chi connectivity index (χ3v) is 7.32. The van der Waals surface area contributed by atoms with Crippen LogP contribution < -0.4 is 10.6 Å². The second-order valence-electron chi connectivity index (χ2n) is 9.33. The van der Waals surface area contributed by atoms with Gasteiger partial charge >= 0.3 is 0 Å². The lowest BCUT2D eigenvalue weighted by atomic mass is 9.76. The summed E-state index contributed by atoms with van der Waals surface area (Å²) in [5, 5.41) is 19.5. The molecular formula is C27H31F2N3O2S. The molecule has 3 aromatic rings. The molecule has 1 fully saturated rings. The number of aliphatic hydroxyl groups excluding tert-OH is 1. The first kappa shape index (κ1) is 25.4. The van der Waals surface area contributed by atoms with Gasteiger partial charge in [0.05, 0.1) is 23.4 Å². The molecule has 1 amide bonds. The Morgan fingerprint density at radius 3 is 2.54 bits per heavy atom. The van der Waals surface area contributed by atoms with E-state index in [0.717, 1.165) is 55.0 Å². The van der Waals surface area contributed by atoms with Gasteiger partial charge in [0, 0.05) is 36.0 Å². The molecule has 0 bridgehead atoms. The second-order valence-corrected chi connectivity index (χ2v) is 10.1. The van der Waals surface area contributed by atoms with Gasteiger partial charge in [-0.15, -0.1) is 11.3 Å². The third-order valence-electron chi connectivity index (χ3n) is 6.73. The maximum Gasteiger partial charge on any atom is 0.217 e. The first-order valence-corrected chi connectivity index (χ1v) is 12.9. The molecule has 1 aliphatic rings. The number of nitrogens with one attached hydrogen (secondary N) is 2. The highest BCUT2D eigenvalue weighted by molar-refractivity contribution is 7.07. The molecule has 2 aromatic carbocycles. The van der Waals surface area contributed by atoms with Gasteiger partial charge in [-0.3, -0.25) is 4.79 Å². The van der Waals surface area contributed by atoms with E-state index in [9.17, 15) is 18.7 Å². The van der Waals surface area contributed by atoms with Gasteiger partial charge in [-0.25, -0.2) is 13.8 Å². The highest BCUT2D eigenvalue weighted by Crippen LogP contribution is 2.38. The smallest absolute Gasteiger partial charge is 0.217 e. The average molecular weight is 500 g/mol. The molecular weight excluding hydrogens is 468 g/mol. The molecule has 1 heterocycles. The third kappa shape index (κ3) is 6.51. The van der Waals surface area contributed by atoms with E-state index < -0.39 is 23.8 Å². The van der Waals surface area contributed by atoms with Crippen LogP contribution in [-0.2, 0) is 16.8 Å². The SMILES string of the molecule is CC(=O)N[C@@H](Cc1cc(F)cc(F)c1)[C@H](O)CNC1(c2cccc(-c3cscn3)c2)CCCCC1. The number of hydrogen-bond acceptors (Lipinski definition) is 5. The zero-order valence-corrected chi connectivity index (χ0v) is 20.6. The summed E-state index contributed by atoms with van der Waals surface area (Å²) in [4.78, 5) is 16.3. The van der Waals surface area contributed by atoms with Crippen molar-refractivity contribution >= 4 is 17.2 Å². The topological polar surface area (TPSA) is 74.2 Å². The van der Waals surface area contributed by atoms with E-state index in [1.165, 1.54) is 19.1 Å². The molecule has 2 atom stereocenters. The Balaban J connectivity index is 1.53. The highest BCUT2D eigenvalue weighted by atomic mass is 32.1. The Morgan fingerprint density at radius 1 is 1.14 bits per heavy atom. The number of hydrogen-bond donors (Lipinski definition) is 3. The van der Waals surface area contributed by atoms with Crippen molar-refractivity contribution in [2.45, 2.75) is 63.1 Å². The van der Waals surface area contributed by atoms with Crippen molar-refractivity contribution in [1.29, 1.82) is 0 Å². The molecule has 0 saturated heterocycles. The Kier molecular flexibility index (Phi) is 8.26. The van der Waals surface area contributed by atoms with Crippen LogP contribution in [0.15, 0.2) is 53.4 Å². The summed E-state index contributed by atoms with van der Waals surface area (Å²) in [5.41, 5.74) is 5.04. The molecule has 5 nitrogen and oxygen atoms in total. The van der Waals surface area contributed by atoms with Crippen LogP contribution in [0.25, 0.3) is 11.3 Å². The monoisotopic (exact) mass is 499 g/mol. The fraction of sp³-hybridized carbons (Fsp3) is 0.407. The van der Waals surface area contributed by atoms with Crippen molar-refractivity contribution in [2.24, 2.45) is 0 Å². The van der Waals surface area contributed by atoms with Gasteiger partial charge in [-0.2, -0.15) is 0 Å². The van der Waals surface area contributed by atoms with E-state index in [-0.39, 0.29) is 24.4 Å². The van der Waals surface area contributed by atoms with E-state index in [4.69, 9.17) is 0 Å². The van der Waals surface area contributed by atoms with Gasteiger partial charge < -0.3 is 15.7 Å². The van der Waals surface area contributed by atoms with Gasteiger partial charge in [-0.05, 0) is 48.6 Å². The van der Waals surface area contributed by atoms with Crippen LogP contribution in [0, 0.1) is 11.6 Å². The molecule has 1 aliphatic carbocycles.